The van der Waals surface area contributed by atoms with E-state index in [0.717, 1.165) is 23.1 Å². The van der Waals surface area contributed by atoms with Crippen molar-refractivity contribution in [1.82, 2.24) is 0 Å². The highest BCUT2D eigenvalue weighted by Crippen LogP contribution is 2.29. The van der Waals surface area contributed by atoms with Gasteiger partial charge in [0.25, 0.3) is 0 Å². The Balaban J connectivity index is 1.92. The molecule has 0 saturated heterocycles. The van der Waals surface area contributed by atoms with Crippen LogP contribution in [0.5, 0.6) is 0 Å². The van der Waals surface area contributed by atoms with Gasteiger partial charge >= 0.3 is 0 Å². The fourth-order valence-corrected chi connectivity index (χ4v) is 3.02. The fourth-order valence-electron chi connectivity index (χ4n) is 3.02. The second kappa shape index (κ2) is 8.10. The van der Waals surface area contributed by atoms with Gasteiger partial charge in [0.1, 0.15) is 5.94 Å². The van der Waals surface area contributed by atoms with E-state index in [9.17, 15) is 4.79 Å². The van der Waals surface area contributed by atoms with Crippen molar-refractivity contribution in [2.24, 2.45) is 0 Å². The van der Waals surface area contributed by atoms with Gasteiger partial charge in [0.15, 0.2) is 0 Å². The van der Waals surface area contributed by atoms with Crippen LogP contribution in [-0.4, -0.2) is 5.94 Å². The number of benzene rings is 3. The predicted molar refractivity (Wildman–Crippen MR) is 98.7 cm³/mol. The van der Waals surface area contributed by atoms with Crippen LogP contribution in [0.4, 0.5) is 0 Å². The molecule has 1 atom stereocenters. The van der Waals surface area contributed by atoms with Gasteiger partial charge in [0, 0.05) is 17.9 Å². The summed E-state index contributed by atoms with van der Waals surface area (Å²) in [5.41, 5.74) is 4.34. The molecule has 118 valence electrons. The largest absolute Gasteiger partial charge is 0.234 e. The quantitative estimate of drug-likeness (QED) is 0.584. The third-order valence-corrected chi connectivity index (χ3v) is 4.27. The van der Waals surface area contributed by atoms with E-state index in [0.29, 0.717) is 6.42 Å². The van der Waals surface area contributed by atoms with Crippen LogP contribution in [0.25, 0.3) is 0 Å². The molecular weight excluding hydrogens is 292 g/mol. The molecule has 3 aromatic rings. The summed E-state index contributed by atoms with van der Waals surface area (Å²) in [5, 5.41) is 0. The Bertz CT molecular complexity index is 800. The minimum absolute atomic E-state index is 0.0475. The minimum Gasteiger partial charge on any atom is -0.234 e. The van der Waals surface area contributed by atoms with Gasteiger partial charge in [0.2, 0.25) is 0 Å². The number of rotatable bonds is 6. The molecule has 0 heterocycles. The lowest BCUT2D eigenvalue weighted by Crippen LogP contribution is -2.09. The standard InChI is InChI=1S/C23H20O/c24-18-22(16-19-10-4-1-5-11-19)23(21-14-8-3-9-15-21)17-20-12-6-2-7-13-20/h1-15,23H,16-17H2. The molecule has 0 N–H and O–H groups in total. The number of hydrogen-bond donors (Lipinski definition) is 0. The molecule has 0 saturated carbocycles. The Morgan fingerprint density at radius 2 is 1.21 bits per heavy atom. The van der Waals surface area contributed by atoms with E-state index >= 15 is 0 Å². The molecule has 1 heteroatoms. The van der Waals surface area contributed by atoms with Crippen LogP contribution in [0.15, 0.2) is 96.6 Å². The zero-order valence-electron chi connectivity index (χ0n) is 13.6. The molecular formula is C23H20O. The van der Waals surface area contributed by atoms with E-state index in [1.54, 1.807) is 0 Å². The molecule has 0 aliphatic heterocycles. The zero-order chi connectivity index (χ0) is 16.6. The molecule has 3 rings (SSSR count). The first-order valence-corrected chi connectivity index (χ1v) is 8.23. The van der Waals surface area contributed by atoms with Crippen LogP contribution in [0.3, 0.4) is 0 Å². The highest BCUT2D eigenvalue weighted by Gasteiger charge is 2.19. The second-order valence-electron chi connectivity index (χ2n) is 5.94. The third kappa shape index (κ3) is 4.10. The first-order valence-electron chi connectivity index (χ1n) is 8.23. The minimum atomic E-state index is 0.0475. The van der Waals surface area contributed by atoms with Crippen LogP contribution in [0, 0.1) is 0 Å². The van der Waals surface area contributed by atoms with Crippen molar-refractivity contribution in [3.8, 4) is 0 Å². The van der Waals surface area contributed by atoms with Crippen molar-refractivity contribution in [3.63, 3.8) is 0 Å². The summed E-state index contributed by atoms with van der Waals surface area (Å²) in [6.45, 7) is 0. The molecule has 0 aliphatic carbocycles. The summed E-state index contributed by atoms with van der Waals surface area (Å²) in [5.74, 6) is 2.28. The van der Waals surface area contributed by atoms with Crippen molar-refractivity contribution in [1.29, 1.82) is 0 Å². The van der Waals surface area contributed by atoms with Crippen LogP contribution in [0.2, 0.25) is 0 Å². The summed E-state index contributed by atoms with van der Waals surface area (Å²) in [7, 11) is 0. The summed E-state index contributed by atoms with van der Waals surface area (Å²) in [6.07, 6.45) is 1.44. The van der Waals surface area contributed by atoms with Gasteiger partial charge in [-0.2, -0.15) is 0 Å². The van der Waals surface area contributed by atoms with Gasteiger partial charge < -0.3 is 0 Å². The Morgan fingerprint density at radius 1 is 0.708 bits per heavy atom. The third-order valence-electron chi connectivity index (χ3n) is 4.27. The van der Waals surface area contributed by atoms with E-state index in [2.05, 4.69) is 42.3 Å². The lowest BCUT2D eigenvalue weighted by molar-refractivity contribution is 0.563. The Labute approximate surface area is 143 Å². The van der Waals surface area contributed by atoms with Gasteiger partial charge in [-0.3, -0.25) is 0 Å². The molecule has 0 amide bonds. The number of carbonyl (C=O) groups excluding carboxylic acids is 1. The maximum absolute atomic E-state index is 11.8. The molecule has 0 bridgehead atoms. The average molecular weight is 312 g/mol. The first kappa shape index (κ1) is 16.0. The molecule has 1 nitrogen and oxygen atoms in total. The van der Waals surface area contributed by atoms with E-state index < -0.39 is 0 Å². The molecule has 0 aromatic heterocycles. The highest BCUT2D eigenvalue weighted by molar-refractivity contribution is 5.58. The van der Waals surface area contributed by atoms with Crippen molar-refractivity contribution in [2.75, 3.05) is 0 Å². The van der Waals surface area contributed by atoms with E-state index in [1.165, 1.54) is 5.56 Å². The summed E-state index contributed by atoms with van der Waals surface area (Å²) in [4.78, 5) is 11.8. The van der Waals surface area contributed by atoms with Crippen LogP contribution in [-0.2, 0) is 17.6 Å². The smallest absolute Gasteiger partial charge is 0.124 e. The van der Waals surface area contributed by atoms with Gasteiger partial charge in [-0.1, -0.05) is 91.0 Å². The number of hydrogen-bond acceptors (Lipinski definition) is 1. The van der Waals surface area contributed by atoms with Gasteiger partial charge in [-0.15, -0.1) is 0 Å². The Hall–Kier alpha value is -2.89. The SMILES string of the molecule is O=C=C(Cc1ccccc1)C(Cc1ccccc1)c1ccccc1. The molecule has 1 unspecified atom stereocenters. The van der Waals surface area contributed by atoms with Crippen molar-refractivity contribution < 1.29 is 4.79 Å². The van der Waals surface area contributed by atoms with Gasteiger partial charge in [-0.05, 0) is 23.1 Å². The van der Waals surface area contributed by atoms with E-state index in [4.69, 9.17) is 0 Å². The average Bonchev–Trinajstić information content (AvgIpc) is 2.67. The predicted octanol–water partition coefficient (Wildman–Crippen LogP) is 5.01. The van der Waals surface area contributed by atoms with Gasteiger partial charge in [0.05, 0.1) is 0 Å². The van der Waals surface area contributed by atoms with E-state index in [1.807, 2.05) is 54.6 Å². The van der Waals surface area contributed by atoms with Crippen LogP contribution >= 0.6 is 0 Å². The fraction of sp³-hybridized carbons (Fsp3) is 0.130. The normalized spacial score (nSPS) is 11.5. The molecule has 3 aromatic carbocycles. The molecule has 0 fully saturated rings. The van der Waals surface area contributed by atoms with E-state index in [-0.39, 0.29) is 5.92 Å². The summed E-state index contributed by atoms with van der Waals surface area (Å²) < 4.78 is 0. The summed E-state index contributed by atoms with van der Waals surface area (Å²) >= 11 is 0. The molecule has 24 heavy (non-hydrogen) atoms. The van der Waals surface area contributed by atoms with Crippen molar-refractivity contribution in [2.45, 2.75) is 18.8 Å². The maximum Gasteiger partial charge on any atom is 0.124 e. The van der Waals surface area contributed by atoms with Crippen molar-refractivity contribution >= 4 is 5.94 Å². The topological polar surface area (TPSA) is 17.1 Å². The lowest BCUT2D eigenvalue weighted by Gasteiger charge is -2.19. The van der Waals surface area contributed by atoms with Crippen LogP contribution in [0.1, 0.15) is 22.6 Å². The lowest BCUT2D eigenvalue weighted by atomic mass is 9.83. The zero-order valence-corrected chi connectivity index (χ0v) is 13.6. The highest BCUT2D eigenvalue weighted by atomic mass is 16.1. The molecule has 0 aliphatic rings. The summed E-state index contributed by atoms with van der Waals surface area (Å²) in [6, 6.07) is 30.7. The molecule has 0 spiro atoms. The monoisotopic (exact) mass is 312 g/mol. The molecule has 0 radical (unpaired) electrons. The number of allylic oxidation sites excluding steroid dienone is 1. The van der Waals surface area contributed by atoms with Crippen molar-refractivity contribution in [3.05, 3.63) is 113 Å². The Morgan fingerprint density at radius 3 is 1.75 bits per heavy atom. The Kier molecular flexibility index (Phi) is 5.40. The van der Waals surface area contributed by atoms with Crippen LogP contribution < -0.4 is 0 Å². The van der Waals surface area contributed by atoms with Gasteiger partial charge in [-0.25, -0.2) is 4.79 Å². The first-order chi connectivity index (χ1) is 11.9. The second-order valence-corrected chi connectivity index (χ2v) is 5.94. The maximum atomic E-state index is 11.8.